The van der Waals surface area contributed by atoms with Crippen molar-refractivity contribution < 1.29 is 13.9 Å². The molecule has 0 spiro atoms. The van der Waals surface area contributed by atoms with Crippen LogP contribution in [0.2, 0.25) is 0 Å². The van der Waals surface area contributed by atoms with Crippen LogP contribution in [-0.2, 0) is 4.74 Å². The Labute approximate surface area is 81.9 Å². The summed E-state index contributed by atoms with van der Waals surface area (Å²) < 4.78 is 18.5. The van der Waals surface area contributed by atoms with Gasteiger partial charge >= 0.3 is 0 Å². The van der Waals surface area contributed by atoms with Crippen LogP contribution in [0.3, 0.4) is 0 Å². The Bertz CT molecular complexity index is 328. The average Bonchev–Trinajstić information content (AvgIpc) is 2.17. The highest BCUT2D eigenvalue weighted by Crippen LogP contribution is 2.22. The van der Waals surface area contributed by atoms with Gasteiger partial charge in [-0.15, -0.1) is 0 Å². The summed E-state index contributed by atoms with van der Waals surface area (Å²) in [4.78, 5) is 14.2. The number of nitrogens with zero attached hydrogens (tertiary/aromatic N) is 1. The number of hydrogen-bond donors (Lipinski definition) is 0. The van der Waals surface area contributed by atoms with Crippen LogP contribution in [0.25, 0.3) is 0 Å². The van der Waals surface area contributed by atoms with Crippen LogP contribution in [0.4, 0.5) is 4.39 Å². The van der Waals surface area contributed by atoms with Crippen LogP contribution in [0.15, 0.2) is 12.4 Å². The third-order valence-corrected chi connectivity index (χ3v) is 1.92. The van der Waals surface area contributed by atoms with E-state index in [1.165, 1.54) is 6.20 Å². The van der Waals surface area contributed by atoms with Gasteiger partial charge in [-0.3, -0.25) is 9.78 Å². The van der Waals surface area contributed by atoms with Gasteiger partial charge in [-0.05, 0) is 13.8 Å². The maximum absolute atomic E-state index is 13.3. The van der Waals surface area contributed by atoms with Crippen LogP contribution in [-0.4, -0.2) is 17.9 Å². The first-order valence-corrected chi connectivity index (χ1v) is 4.40. The summed E-state index contributed by atoms with van der Waals surface area (Å²) in [7, 11) is 0. The first-order chi connectivity index (χ1) is 6.70. The molecule has 1 aromatic rings. The third-order valence-electron chi connectivity index (χ3n) is 1.92. The maximum atomic E-state index is 13.3. The van der Waals surface area contributed by atoms with Crippen LogP contribution >= 0.6 is 0 Å². The summed E-state index contributed by atoms with van der Waals surface area (Å²) in [6.07, 6.45) is 2.57. The highest BCUT2D eigenvalue weighted by Gasteiger charge is 2.15. The molecule has 0 amide bonds. The largest absolute Gasteiger partial charge is 0.374 e. The fourth-order valence-electron chi connectivity index (χ4n) is 1.32. The molecule has 0 radical (unpaired) electrons. The van der Waals surface area contributed by atoms with E-state index in [0.717, 1.165) is 6.20 Å². The minimum absolute atomic E-state index is 0.242. The predicted octanol–water partition coefficient (Wildman–Crippen LogP) is 2.13. The van der Waals surface area contributed by atoms with E-state index in [1.54, 1.807) is 6.92 Å². The van der Waals surface area contributed by atoms with Gasteiger partial charge in [0.2, 0.25) is 0 Å². The van der Waals surface area contributed by atoms with Crippen molar-refractivity contribution in [1.82, 2.24) is 4.98 Å². The minimum Gasteiger partial charge on any atom is -0.374 e. The van der Waals surface area contributed by atoms with Crippen molar-refractivity contribution in [3.8, 4) is 0 Å². The number of carbonyl (C=O) groups excluding carboxylic acids is 1. The SMILES string of the molecule is CCOC(C)c1c(F)cncc1C=O. The number of rotatable bonds is 4. The van der Waals surface area contributed by atoms with Crippen LogP contribution in [0, 0.1) is 5.82 Å². The fourth-order valence-corrected chi connectivity index (χ4v) is 1.32. The summed E-state index contributed by atoms with van der Waals surface area (Å²) in [5, 5.41) is 0. The molecule has 0 aliphatic heterocycles. The quantitative estimate of drug-likeness (QED) is 0.694. The Morgan fingerprint density at radius 1 is 1.64 bits per heavy atom. The molecule has 3 nitrogen and oxygen atoms in total. The van der Waals surface area contributed by atoms with E-state index >= 15 is 0 Å². The molecule has 1 heterocycles. The maximum Gasteiger partial charge on any atom is 0.152 e. The van der Waals surface area contributed by atoms with Crippen LogP contribution < -0.4 is 0 Å². The second-order valence-electron chi connectivity index (χ2n) is 2.84. The van der Waals surface area contributed by atoms with Crippen molar-refractivity contribution in [2.24, 2.45) is 0 Å². The standard InChI is InChI=1S/C10H12FNO2/c1-3-14-7(2)10-8(6-13)4-12-5-9(10)11/h4-7H,3H2,1-2H3. The zero-order valence-corrected chi connectivity index (χ0v) is 8.16. The van der Waals surface area contributed by atoms with Gasteiger partial charge in [0.15, 0.2) is 6.29 Å². The van der Waals surface area contributed by atoms with Crippen molar-refractivity contribution in [3.63, 3.8) is 0 Å². The number of halogens is 1. The van der Waals surface area contributed by atoms with E-state index in [4.69, 9.17) is 4.74 Å². The molecule has 0 N–H and O–H groups in total. The summed E-state index contributed by atoms with van der Waals surface area (Å²) in [6.45, 7) is 3.99. The molecule has 4 heteroatoms. The molecule has 0 aromatic carbocycles. The molecule has 1 rings (SSSR count). The Morgan fingerprint density at radius 3 is 2.93 bits per heavy atom. The Hall–Kier alpha value is -1.29. The molecule has 1 unspecified atom stereocenters. The smallest absolute Gasteiger partial charge is 0.152 e. The second-order valence-corrected chi connectivity index (χ2v) is 2.84. The summed E-state index contributed by atoms with van der Waals surface area (Å²) in [6, 6.07) is 0. The second kappa shape index (κ2) is 4.81. The highest BCUT2D eigenvalue weighted by molar-refractivity contribution is 5.76. The van der Waals surface area contributed by atoms with E-state index in [-0.39, 0.29) is 11.1 Å². The average molecular weight is 197 g/mol. The minimum atomic E-state index is -0.504. The van der Waals surface area contributed by atoms with Gasteiger partial charge < -0.3 is 4.74 Å². The lowest BCUT2D eigenvalue weighted by atomic mass is 10.1. The Kier molecular flexibility index (Phi) is 3.71. The molecular formula is C10H12FNO2. The Morgan fingerprint density at radius 2 is 2.36 bits per heavy atom. The molecule has 0 aliphatic rings. The van der Waals surface area contributed by atoms with E-state index in [1.807, 2.05) is 6.92 Å². The number of ether oxygens (including phenoxy) is 1. The summed E-state index contributed by atoms with van der Waals surface area (Å²) >= 11 is 0. The third kappa shape index (κ3) is 2.14. The van der Waals surface area contributed by atoms with Crippen molar-refractivity contribution in [3.05, 3.63) is 29.3 Å². The molecule has 76 valence electrons. The number of pyridine rings is 1. The molecule has 0 bridgehead atoms. The Balaban J connectivity index is 3.09. The van der Waals surface area contributed by atoms with Gasteiger partial charge in [0, 0.05) is 23.9 Å². The normalized spacial score (nSPS) is 12.5. The fraction of sp³-hybridized carbons (Fsp3) is 0.400. The number of hydrogen-bond acceptors (Lipinski definition) is 3. The van der Waals surface area contributed by atoms with Gasteiger partial charge in [-0.2, -0.15) is 0 Å². The molecule has 1 atom stereocenters. The lowest BCUT2D eigenvalue weighted by molar-refractivity contribution is 0.0726. The lowest BCUT2D eigenvalue weighted by Crippen LogP contribution is -2.06. The summed E-state index contributed by atoms with van der Waals surface area (Å²) in [5.74, 6) is -0.504. The predicted molar refractivity (Wildman–Crippen MR) is 49.6 cm³/mol. The van der Waals surface area contributed by atoms with E-state index in [9.17, 15) is 9.18 Å². The van der Waals surface area contributed by atoms with Gasteiger partial charge in [-0.1, -0.05) is 0 Å². The van der Waals surface area contributed by atoms with Crippen LogP contribution in [0.5, 0.6) is 0 Å². The van der Waals surface area contributed by atoms with Gasteiger partial charge in [0.05, 0.1) is 12.3 Å². The number of carbonyl (C=O) groups is 1. The number of aromatic nitrogens is 1. The topological polar surface area (TPSA) is 39.2 Å². The first-order valence-electron chi connectivity index (χ1n) is 4.40. The molecule has 0 aliphatic carbocycles. The highest BCUT2D eigenvalue weighted by atomic mass is 19.1. The van der Waals surface area contributed by atoms with E-state index < -0.39 is 11.9 Å². The van der Waals surface area contributed by atoms with Gasteiger partial charge in [0.25, 0.3) is 0 Å². The monoisotopic (exact) mass is 197 g/mol. The first kappa shape index (κ1) is 10.8. The van der Waals surface area contributed by atoms with Crippen molar-refractivity contribution >= 4 is 6.29 Å². The summed E-state index contributed by atoms with van der Waals surface area (Å²) in [5.41, 5.74) is 0.516. The van der Waals surface area contributed by atoms with Crippen molar-refractivity contribution in [2.45, 2.75) is 20.0 Å². The zero-order valence-electron chi connectivity index (χ0n) is 8.16. The molecule has 0 fully saturated rings. The molecular weight excluding hydrogens is 185 g/mol. The van der Waals surface area contributed by atoms with Crippen molar-refractivity contribution in [1.29, 1.82) is 0 Å². The molecule has 1 aromatic heterocycles. The van der Waals surface area contributed by atoms with Crippen molar-refractivity contribution in [2.75, 3.05) is 6.61 Å². The van der Waals surface area contributed by atoms with Crippen LogP contribution in [0.1, 0.15) is 35.9 Å². The van der Waals surface area contributed by atoms with E-state index in [0.29, 0.717) is 12.9 Å². The van der Waals surface area contributed by atoms with Gasteiger partial charge in [-0.25, -0.2) is 4.39 Å². The molecule has 0 saturated carbocycles. The molecule has 14 heavy (non-hydrogen) atoms. The van der Waals surface area contributed by atoms with Gasteiger partial charge in [0.1, 0.15) is 5.82 Å². The van der Waals surface area contributed by atoms with E-state index in [2.05, 4.69) is 4.98 Å². The zero-order chi connectivity index (χ0) is 10.6. The lowest BCUT2D eigenvalue weighted by Gasteiger charge is -2.14. The number of aldehydes is 1. The molecule has 0 saturated heterocycles.